The summed E-state index contributed by atoms with van der Waals surface area (Å²) < 4.78 is 82.2. The molecule has 0 amide bonds. The Kier molecular flexibility index (Phi) is 6.03. The van der Waals surface area contributed by atoms with E-state index in [1.54, 1.807) is 11.0 Å². The van der Waals surface area contributed by atoms with E-state index in [9.17, 15) is 26.0 Å². The minimum Gasteiger partial charge on any atom is -0.355 e. The fourth-order valence-electron chi connectivity index (χ4n) is 3.90. The van der Waals surface area contributed by atoms with Gasteiger partial charge in [-0.25, -0.2) is 45.7 Å². The van der Waals surface area contributed by atoms with E-state index in [-0.39, 0.29) is 24.5 Å². The van der Waals surface area contributed by atoms with Crippen LogP contribution in [-0.4, -0.2) is 59.6 Å². The monoisotopic (exact) mass is 486 g/mol. The van der Waals surface area contributed by atoms with E-state index in [0.717, 1.165) is 6.26 Å². The number of anilines is 1. The maximum absolute atomic E-state index is 14.7. The number of nitrogens with zero attached hydrogens (tertiary/aromatic N) is 5. The molecule has 0 bridgehead atoms. The molecule has 4 rings (SSSR count). The van der Waals surface area contributed by atoms with Crippen molar-refractivity contribution >= 4 is 21.5 Å². The summed E-state index contributed by atoms with van der Waals surface area (Å²) >= 11 is 0. The Morgan fingerprint density at radius 2 is 1.97 bits per heavy atom. The first-order chi connectivity index (χ1) is 15.5. The van der Waals surface area contributed by atoms with Crippen molar-refractivity contribution in [3.63, 3.8) is 0 Å². The molecule has 4 heterocycles. The predicted molar refractivity (Wildman–Crippen MR) is 114 cm³/mol. The number of alkyl halides is 4. The second kappa shape index (κ2) is 8.52. The van der Waals surface area contributed by atoms with Crippen molar-refractivity contribution in [2.75, 3.05) is 30.8 Å². The van der Waals surface area contributed by atoms with Gasteiger partial charge in [0.1, 0.15) is 17.2 Å². The molecule has 1 aliphatic rings. The van der Waals surface area contributed by atoms with Gasteiger partial charge in [0.05, 0.1) is 18.4 Å². The molecule has 0 saturated carbocycles. The van der Waals surface area contributed by atoms with Crippen LogP contribution >= 0.6 is 0 Å². The summed E-state index contributed by atoms with van der Waals surface area (Å²) in [6.07, 6.45) is 2.42. The van der Waals surface area contributed by atoms with Crippen LogP contribution in [0.4, 0.5) is 23.4 Å². The number of halogens is 4. The molecular formula is C20H22F4N6O2S. The van der Waals surface area contributed by atoms with Gasteiger partial charge in [0.15, 0.2) is 5.82 Å². The Balaban J connectivity index is 1.65. The smallest absolute Gasteiger partial charge is 0.265 e. The number of piperidine rings is 1. The summed E-state index contributed by atoms with van der Waals surface area (Å²) in [5, 5.41) is 0. The van der Waals surface area contributed by atoms with E-state index in [0.29, 0.717) is 17.2 Å². The molecule has 13 heteroatoms. The molecule has 1 N–H and O–H groups in total. The molecule has 178 valence electrons. The molecule has 8 nitrogen and oxygen atoms in total. The fourth-order valence-corrected chi connectivity index (χ4v) is 4.40. The first-order valence-corrected chi connectivity index (χ1v) is 12.0. The molecule has 3 aromatic heterocycles. The third kappa shape index (κ3) is 4.78. The zero-order valence-electron chi connectivity index (χ0n) is 17.8. The van der Waals surface area contributed by atoms with Crippen molar-refractivity contribution in [2.24, 2.45) is 11.8 Å². The van der Waals surface area contributed by atoms with Crippen LogP contribution in [0.15, 0.2) is 36.8 Å². The van der Waals surface area contributed by atoms with Crippen LogP contribution in [-0.2, 0) is 10.0 Å². The van der Waals surface area contributed by atoms with Crippen LogP contribution in [0.25, 0.3) is 17.2 Å². The molecule has 1 aliphatic heterocycles. The number of rotatable bonds is 6. The minimum absolute atomic E-state index is 0.00150. The van der Waals surface area contributed by atoms with Crippen LogP contribution in [0.3, 0.4) is 0 Å². The van der Waals surface area contributed by atoms with Crippen molar-refractivity contribution in [1.82, 2.24) is 24.1 Å². The van der Waals surface area contributed by atoms with Crippen LogP contribution in [0, 0.1) is 11.8 Å². The van der Waals surface area contributed by atoms with E-state index in [2.05, 4.69) is 19.7 Å². The summed E-state index contributed by atoms with van der Waals surface area (Å²) in [4.78, 5) is 14.5. The Morgan fingerprint density at radius 1 is 1.21 bits per heavy atom. The third-order valence-electron chi connectivity index (χ3n) is 5.70. The van der Waals surface area contributed by atoms with Crippen LogP contribution in [0.1, 0.15) is 18.9 Å². The molecule has 0 aromatic carbocycles. The molecule has 33 heavy (non-hydrogen) atoms. The lowest BCUT2D eigenvalue weighted by molar-refractivity contribution is -0.108. The predicted octanol–water partition coefficient (Wildman–Crippen LogP) is 2.99. The second-order valence-electron chi connectivity index (χ2n) is 8.17. The Hall–Kier alpha value is -2.80. The first-order valence-electron chi connectivity index (χ1n) is 10.1. The van der Waals surface area contributed by atoms with Gasteiger partial charge in [-0.05, 0) is 18.2 Å². The van der Waals surface area contributed by atoms with E-state index >= 15 is 0 Å². The number of aromatic nitrogens is 4. The maximum Gasteiger partial charge on any atom is 0.265 e. The molecule has 0 spiro atoms. The number of pyridine rings is 1. The Bertz CT molecular complexity index is 1270. The number of sulfonamides is 1. The van der Waals surface area contributed by atoms with Crippen LogP contribution < -0.4 is 9.62 Å². The van der Waals surface area contributed by atoms with E-state index in [4.69, 9.17) is 0 Å². The van der Waals surface area contributed by atoms with Crippen molar-refractivity contribution in [3.05, 3.63) is 42.4 Å². The number of hydrogen-bond acceptors (Lipinski definition) is 6. The maximum atomic E-state index is 14.7. The summed E-state index contributed by atoms with van der Waals surface area (Å²) in [5.74, 6) is -4.83. The van der Waals surface area contributed by atoms with Crippen LogP contribution in [0.5, 0.6) is 0 Å². The average Bonchev–Trinajstić information content (AvgIpc) is 3.17. The highest BCUT2D eigenvalue weighted by Crippen LogP contribution is 2.39. The summed E-state index contributed by atoms with van der Waals surface area (Å²) in [5.41, 5.74) is 0.618. The largest absolute Gasteiger partial charge is 0.355 e. The standard InChI is InChI=1S/C20H22F4N6O2S/c1-12-9-29(11-14(20(12,23)24)7-27-33(2,31)32)17-5-6-25-19(28-17)15-8-26-16-4-3-13(18(21)22)10-30(15)16/h3-6,8,10,12,14,18,27H,7,9,11H2,1-2H3/t12-,14+/m0/s1. The first kappa shape index (κ1) is 23.4. The second-order valence-corrected chi connectivity index (χ2v) is 10.0. The lowest BCUT2D eigenvalue weighted by Crippen LogP contribution is -2.56. The highest BCUT2D eigenvalue weighted by molar-refractivity contribution is 7.88. The zero-order chi connectivity index (χ0) is 24.0. The summed E-state index contributed by atoms with van der Waals surface area (Å²) in [6.45, 7) is 0.868. The van der Waals surface area contributed by atoms with Gasteiger partial charge in [0.25, 0.3) is 12.3 Å². The van der Waals surface area contributed by atoms with Crippen molar-refractivity contribution in [2.45, 2.75) is 19.3 Å². The van der Waals surface area contributed by atoms with Gasteiger partial charge >= 0.3 is 0 Å². The number of nitrogens with one attached hydrogen (secondary N) is 1. The zero-order valence-corrected chi connectivity index (χ0v) is 18.6. The average molecular weight is 486 g/mol. The lowest BCUT2D eigenvalue weighted by Gasteiger charge is -2.43. The molecule has 0 aliphatic carbocycles. The molecular weight excluding hydrogens is 464 g/mol. The molecule has 0 radical (unpaired) electrons. The lowest BCUT2D eigenvalue weighted by atomic mass is 9.86. The SMILES string of the molecule is C[C@H]1CN(c2ccnc(-c3cnc4ccc(C(F)F)cn34)n2)C[C@@H](CNS(C)(=O)=O)C1(F)F. The number of imidazole rings is 1. The van der Waals surface area contributed by atoms with E-state index in [1.807, 2.05) is 0 Å². The Labute approximate surface area is 187 Å². The third-order valence-corrected chi connectivity index (χ3v) is 6.39. The fraction of sp³-hybridized carbons (Fsp3) is 0.450. The molecule has 1 fully saturated rings. The molecule has 3 aromatic rings. The van der Waals surface area contributed by atoms with Crippen molar-refractivity contribution in [3.8, 4) is 11.5 Å². The Morgan fingerprint density at radius 3 is 2.67 bits per heavy atom. The highest BCUT2D eigenvalue weighted by atomic mass is 32.2. The summed E-state index contributed by atoms with van der Waals surface area (Å²) in [6, 6.07) is 4.31. The summed E-state index contributed by atoms with van der Waals surface area (Å²) in [7, 11) is -3.63. The molecule has 1 saturated heterocycles. The normalized spacial score (nSPS) is 21.1. The van der Waals surface area contributed by atoms with Gasteiger partial charge in [0.2, 0.25) is 10.0 Å². The quantitative estimate of drug-likeness (QED) is 0.539. The van der Waals surface area contributed by atoms with Gasteiger partial charge < -0.3 is 4.90 Å². The van der Waals surface area contributed by atoms with Crippen molar-refractivity contribution in [1.29, 1.82) is 0 Å². The number of fused-ring (bicyclic) bond motifs is 1. The number of hydrogen-bond donors (Lipinski definition) is 1. The van der Waals surface area contributed by atoms with Crippen LogP contribution in [0.2, 0.25) is 0 Å². The molecule has 2 atom stereocenters. The highest BCUT2D eigenvalue weighted by Gasteiger charge is 2.49. The van der Waals surface area contributed by atoms with Gasteiger partial charge in [-0.15, -0.1) is 0 Å². The van der Waals surface area contributed by atoms with Crippen molar-refractivity contribution < 1.29 is 26.0 Å². The van der Waals surface area contributed by atoms with Gasteiger partial charge in [0, 0.05) is 43.5 Å². The van der Waals surface area contributed by atoms with Gasteiger partial charge in [-0.2, -0.15) is 0 Å². The van der Waals surface area contributed by atoms with E-state index < -0.39 is 40.8 Å². The topological polar surface area (TPSA) is 92.5 Å². The molecule has 0 unspecified atom stereocenters. The van der Waals surface area contributed by atoms with Gasteiger partial charge in [-0.1, -0.05) is 6.92 Å². The minimum atomic E-state index is -3.63. The van der Waals surface area contributed by atoms with Gasteiger partial charge in [-0.3, -0.25) is 4.40 Å². The van der Waals surface area contributed by atoms with E-state index in [1.165, 1.54) is 42.0 Å².